The highest BCUT2D eigenvalue weighted by molar-refractivity contribution is 5.79. The summed E-state index contributed by atoms with van der Waals surface area (Å²) in [6.45, 7) is 6.35. The molecule has 28 heavy (non-hydrogen) atoms. The molecule has 1 aromatic heterocycles. The number of hydrogen-bond donors (Lipinski definition) is 2. The lowest BCUT2D eigenvalue weighted by atomic mass is 10.00. The summed E-state index contributed by atoms with van der Waals surface area (Å²) >= 11 is 0. The van der Waals surface area contributed by atoms with E-state index in [4.69, 9.17) is 10.5 Å². The van der Waals surface area contributed by atoms with Gasteiger partial charge in [0.05, 0.1) is 12.3 Å². The number of nitrogen functional groups attached to an aromatic ring is 1. The molecular weight excluding hydrogens is 350 g/mol. The number of hydrogen-bond acceptors (Lipinski definition) is 6. The summed E-state index contributed by atoms with van der Waals surface area (Å²) in [5.74, 6) is 2.71. The number of aryl methyl sites for hydroxylation is 1. The first kappa shape index (κ1) is 19.0. The Balaban J connectivity index is 1.54. The molecule has 2 heterocycles. The highest BCUT2D eigenvalue weighted by Crippen LogP contribution is 2.46. The van der Waals surface area contributed by atoms with Crippen LogP contribution in [0.3, 0.4) is 0 Å². The van der Waals surface area contributed by atoms with Gasteiger partial charge in [0.1, 0.15) is 11.6 Å². The van der Waals surface area contributed by atoms with E-state index in [1.165, 1.54) is 44.3 Å². The highest BCUT2D eigenvalue weighted by Gasteiger charge is 2.27. The van der Waals surface area contributed by atoms with Gasteiger partial charge < -0.3 is 20.7 Å². The Morgan fingerprint density at radius 1 is 1.21 bits per heavy atom. The molecule has 6 heteroatoms. The Morgan fingerprint density at radius 2 is 2.00 bits per heavy atom. The van der Waals surface area contributed by atoms with Crippen molar-refractivity contribution in [2.24, 2.45) is 0 Å². The molecule has 3 N–H and O–H groups in total. The van der Waals surface area contributed by atoms with E-state index in [0.29, 0.717) is 11.9 Å². The monoisotopic (exact) mass is 381 g/mol. The van der Waals surface area contributed by atoms with Crippen LogP contribution in [0.1, 0.15) is 49.3 Å². The number of anilines is 2. The lowest BCUT2D eigenvalue weighted by Crippen LogP contribution is -2.22. The summed E-state index contributed by atoms with van der Waals surface area (Å²) in [6.07, 6.45) is 6.27. The zero-order chi connectivity index (χ0) is 19.5. The van der Waals surface area contributed by atoms with Crippen LogP contribution in [-0.2, 0) is 0 Å². The van der Waals surface area contributed by atoms with Crippen LogP contribution in [0.2, 0.25) is 0 Å². The molecule has 1 saturated carbocycles. The number of nitrogens with two attached hydrogens (primary N) is 1. The van der Waals surface area contributed by atoms with E-state index in [-0.39, 0.29) is 0 Å². The lowest BCUT2D eigenvalue weighted by molar-refractivity contribution is 0.262. The first-order valence-electron chi connectivity index (χ1n) is 10.5. The zero-order valence-electron chi connectivity index (χ0n) is 17.0. The van der Waals surface area contributed by atoms with Gasteiger partial charge in [-0.25, -0.2) is 4.98 Å². The first-order chi connectivity index (χ1) is 13.7. The molecule has 0 radical (unpaired) electrons. The fourth-order valence-electron chi connectivity index (χ4n) is 4.14. The highest BCUT2D eigenvalue weighted by atomic mass is 16.5. The topological polar surface area (TPSA) is 76.3 Å². The smallest absolute Gasteiger partial charge is 0.222 e. The van der Waals surface area contributed by atoms with Crippen molar-refractivity contribution in [1.82, 2.24) is 14.9 Å². The average Bonchev–Trinajstić information content (AvgIpc) is 3.40. The summed E-state index contributed by atoms with van der Waals surface area (Å²) in [7, 11) is 1.86. The summed E-state index contributed by atoms with van der Waals surface area (Å²) in [5.41, 5.74) is 10.1. The maximum atomic E-state index is 6.28. The molecule has 1 aliphatic heterocycles. The summed E-state index contributed by atoms with van der Waals surface area (Å²) in [5, 5.41) is 3.15. The van der Waals surface area contributed by atoms with Gasteiger partial charge in [0.15, 0.2) is 0 Å². The molecule has 0 bridgehead atoms. The van der Waals surface area contributed by atoms with Gasteiger partial charge in [-0.1, -0.05) is 12.1 Å². The molecule has 0 unspecified atom stereocenters. The van der Waals surface area contributed by atoms with Crippen molar-refractivity contribution in [2.75, 3.05) is 44.3 Å². The van der Waals surface area contributed by atoms with Gasteiger partial charge in [-0.3, -0.25) is 0 Å². The van der Waals surface area contributed by atoms with Crippen LogP contribution >= 0.6 is 0 Å². The molecule has 4 rings (SSSR count). The Kier molecular flexibility index (Phi) is 5.67. The van der Waals surface area contributed by atoms with Crippen LogP contribution in [0, 0.1) is 6.92 Å². The Labute approximate surface area is 167 Å². The van der Waals surface area contributed by atoms with Crippen LogP contribution in [0.25, 0.3) is 11.1 Å². The van der Waals surface area contributed by atoms with Crippen LogP contribution in [0.15, 0.2) is 18.2 Å². The molecule has 0 amide bonds. The summed E-state index contributed by atoms with van der Waals surface area (Å²) < 4.78 is 6.28. The SMILES string of the molecule is CNc1nc(N)nc(C)c1-c1ccc(C2CC2)c(OCCCN2CCCC2)c1. The van der Waals surface area contributed by atoms with Crippen LogP contribution in [-0.4, -0.2) is 48.2 Å². The van der Waals surface area contributed by atoms with Gasteiger partial charge in [0.2, 0.25) is 5.95 Å². The molecular formula is C22H31N5O. The van der Waals surface area contributed by atoms with Crippen molar-refractivity contribution >= 4 is 11.8 Å². The fourth-order valence-corrected chi connectivity index (χ4v) is 4.14. The minimum Gasteiger partial charge on any atom is -0.493 e. The third-order valence-corrected chi connectivity index (χ3v) is 5.74. The van der Waals surface area contributed by atoms with Crippen molar-refractivity contribution in [1.29, 1.82) is 0 Å². The van der Waals surface area contributed by atoms with Crippen molar-refractivity contribution in [3.8, 4) is 16.9 Å². The zero-order valence-corrected chi connectivity index (χ0v) is 17.0. The molecule has 150 valence electrons. The minimum atomic E-state index is 0.290. The van der Waals surface area contributed by atoms with E-state index < -0.39 is 0 Å². The summed E-state index contributed by atoms with van der Waals surface area (Å²) in [4.78, 5) is 11.3. The lowest BCUT2D eigenvalue weighted by Gasteiger charge is -2.17. The molecule has 1 aromatic carbocycles. The van der Waals surface area contributed by atoms with Gasteiger partial charge >= 0.3 is 0 Å². The fraction of sp³-hybridized carbons (Fsp3) is 0.545. The van der Waals surface area contributed by atoms with Gasteiger partial charge in [-0.15, -0.1) is 0 Å². The second kappa shape index (κ2) is 8.35. The number of aromatic nitrogens is 2. The molecule has 6 nitrogen and oxygen atoms in total. The van der Waals surface area contributed by atoms with Crippen molar-refractivity contribution < 1.29 is 4.74 Å². The van der Waals surface area contributed by atoms with Crippen molar-refractivity contribution in [2.45, 2.75) is 44.9 Å². The number of benzene rings is 1. The Hall–Kier alpha value is -2.34. The third kappa shape index (κ3) is 4.22. The summed E-state index contributed by atoms with van der Waals surface area (Å²) in [6, 6.07) is 6.54. The molecule has 1 saturated heterocycles. The van der Waals surface area contributed by atoms with E-state index in [2.05, 4.69) is 38.4 Å². The minimum absolute atomic E-state index is 0.290. The Morgan fingerprint density at radius 3 is 2.71 bits per heavy atom. The number of likely N-dealkylation sites (tertiary alicyclic amines) is 1. The van der Waals surface area contributed by atoms with E-state index in [9.17, 15) is 0 Å². The second-order valence-corrected chi connectivity index (χ2v) is 7.92. The first-order valence-corrected chi connectivity index (χ1v) is 10.5. The van der Waals surface area contributed by atoms with Crippen molar-refractivity contribution in [3.05, 3.63) is 29.5 Å². The second-order valence-electron chi connectivity index (χ2n) is 7.92. The number of nitrogens with zero attached hydrogens (tertiary/aromatic N) is 3. The number of nitrogens with one attached hydrogen (secondary N) is 1. The van der Waals surface area contributed by atoms with Gasteiger partial charge in [0, 0.05) is 19.2 Å². The van der Waals surface area contributed by atoms with Gasteiger partial charge in [-0.05, 0) is 75.2 Å². The maximum absolute atomic E-state index is 6.28. The standard InChI is InChI=1S/C22H31N5O/c1-15-20(21(24-2)26-22(23)25-15)17-8-9-18(16-6-7-16)19(14-17)28-13-5-12-27-10-3-4-11-27/h8-9,14,16H,3-7,10-13H2,1-2H3,(H3,23,24,25,26). The molecule has 0 spiro atoms. The molecule has 2 aliphatic rings. The van der Waals surface area contributed by atoms with Crippen LogP contribution in [0.5, 0.6) is 5.75 Å². The quantitative estimate of drug-likeness (QED) is 0.677. The Bertz CT molecular complexity index is 828. The number of rotatable bonds is 8. The normalized spacial score (nSPS) is 17.1. The van der Waals surface area contributed by atoms with Gasteiger partial charge in [0.25, 0.3) is 0 Å². The molecule has 0 atom stereocenters. The van der Waals surface area contributed by atoms with Crippen molar-refractivity contribution in [3.63, 3.8) is 0 Å². The molecule has 2 aromatic rings. The van der Waals surface area contributed by atoms with E-state index in [1.807, 2.05) is 14.0 Å². The van der Waals surface area contributed by atoms with E-state index in [0.717, 1.165) is 48.0 Å². The van der Waals surface area contributed by atoms with E-state index in [1.54, 1.807) is 0 Å². The molecule has 2 fully saturated rings. The van der Waals surface area contributed by atoms with E-state index >= 15 is 0 Å². The maximum Gasteiger partial charge on any atom is 0.222 e. The van der Waals surface area contributed by atoms with Gasteiger partial charge in [-0.2, -0.15) is 4.98 Å². The predicted molar refractivity (Wildman–Crippen MR) is 114 cm³/mol. The predicted octanol–water partition coefficient (Wildman–Crippen LogP) is 3.82. The van der Waals surface area contributed by atoms with Crippen LogP contribution in [0.4, 0.5) is 11.8 Å². The third-order valence-electron chi connectivity index (χ3n) is 5.74. The van der Waals surface area contributed by atoms with Crippen LogP contribution < -0.4 is 15.8 Å². The number of ether oxygens (including phenoxy) is 1. The average molecular weight is 382 g/mol. The molecule has 1 aliphatic carbocycles. The largest absolute Gasteiger partial charge is 0.493 e.